The number of carbonyl (C=O) groups is 2. The molecule has 29 heavy (non-hydrogen) atoms. The van der Waals surface area contributed by atoms with Crippen molar-refractivity contribution >= 4 is 17.6 Å². The molecule has 2 aliphatic rings. The molecule has 0 spiro atoms. The molecule has 8 heteroatoms. The van der Waals surface area contributed by atoms with Crippen LogP contribution < -0.4 is 5.32 Å². The average Bonchev–Trinajstić information content (AvgIpc) is 3.43. The fourth-order valence-corrected chi connectivity index (χ4v) is 4.04. The maximum atomic E-state index is 12.7. The number of nitriles is 1. The lowest BCUT2D eigenvalue weighted by atomic mass is 10.0. The Hall–Kier alpha value is -3.34. The molecule has 2 saturated heterocycles. The Labute approximate surface area is 169 Å². The predicted molar refractivity (Wildman–Crippen MR) is 107 cm³/mol. The van der Waals surface area contributed by atoms with Gasteiger partial charge in [0.2, 0.25) is 5.91 Å². The summed E-state index contributed by atoms with van der Waals surface area (Å²) in [4.78, 5) is 33.0. The lowest BCUT2D eigenvalue weighted by molar-refractivity contribution is -0.119. The van der Waals surface area contributed by atoms with Crippen LogP contribution in [0.1, 0.15) is 35.7 Å². The van der Waals surface area contributed by atoms with Crippen LogP contribution in [-0.2, 0) is 4.79 Å². The zero-order chi connectivity index (χ0) is 20.2. The highest BCUT2D eigenvalue weighted by atomic mass is 16.2. The number of aromatic nitrogens is 2. The van der Waals surface area contributed by atoms with Crippen molar-refractivity contribution in [2.75, 3.05) is 31.5 Å². The maximum absolute atomic E-state index is 12.7. The number of likely N-dealkylation sites (tertiary alicyclic amines) is 2. The summed E-state index contributed by atoms with van der Waals surface area (Å²) in [6, 6.07) is 9.47. The summed E-state index contributed by atoms with van der Waals surface area (Å²) in [5.41, 5.74) is 0.703. The Morgan fingerprint density at radius 1 is 1.14 bits per heavy atom. The van der Waals surface area contributed by atoms with Gasteiger partial charge in [-0.05, 0) is 31.4 Å². The van der Waals surface area contributed by atoms with Crippen LogP contribution in [0.15, 0.2) is 42.9 Å². The van der Waals surface area contributed by atoms with Gasteiger partial charge in [-0.25, -0.2) is 4.98 Å². The fourth-order valence-electron chi connectivity index (χ4n) is 4.04. The van der Waals surface area contributed by atoms with E-state index >= 15 is 0 Å². The summed E-state index contributed by atoms with van der Waals surface area (Å²) in [6.07, 6.45) is 8.20. The lowest BCUT2D eigenvalue weighted by Gasteiger charge is -2.33. The summed E-state index contributed by atoms with van der Waals surface area (Å²) in [6.45, 7) is 2.45. The number of piperidine rings is 1. The highest BCUT2D eigenvalue weighted by Crippen LogP contribution is 2.24. The number of hydrogen-bond acceptors (Lipinski definition) is 5. The molecular weight excluding hydrogens is 368 g/mol. The van der Waals surface area contributed by atoms with Crippen LogP contribution in [0.3, 0.4) is 0 Å². The Balaban J connectivity index is 1.37. The van der Waals surface area contributed by atoms with E-state index in [9.17, 15) is 9.59 Å². The van der Waals surface area contributed by atoms with Gasteiger partial charge in [0.1, 0.15) is 0 Å². The van der Waals surface area contributed by atoms with E-state index in [2.05, 4.69) is 16.5 Å². The first-order valence-corrected chi connectivity index (χ1v) is 9.97. The highest BCUT2D eigenvalue weighted by Gasteiger charge is 2.29. The van der Waals surface area contributed by atoms with Gasteiger partial charge in [-0.1, -0.05) is 18.2 Å². The first-order valence-electron chi connectivity index (χ1n) is 9.97. The van der Waals surface area contributed by atoms with Crippen LogP contribution in [0, 0.1) is 17.4 Å². The van der Waals surface area contributed by atoms with E-state index in [1.807, 2.05) is 46.0 Å². The number of nitrogens with zero attached hydrogens (tertiary/aromatic N) is 5. The number of benzene rings is 1. The molecule has 1 aromatic carbocycles. The highest BCUT2D eigenvalue weighted by molar-refractivity contribution is 5.94. The van der Waals surface area contributed by atoms with Gasteiger partial charge in [-0.3, -0.25) is 9.59 Å². The molecule has 0 radical (unpaired) electrons. The number of anilines is 1. The second-order valence-corrected chi connectivity index (χ2v) is 7.64. The minimum Gasteiger partial charge on any atom is -0.337 e. The molecule has 2 fully saturated rings. The topological polar surface area (TPSA) is 94.3 Å². The fraction of sp³-hybridized carbons (Fsp3) is 0.429. The van der Waals surface area contributed by atoms with Crippen molar-refractivity contribution in [2.45, 2.75) is 25.3 Å². The van der Waals surface area contributed by atoms with Crippen molar-refractivity contribution in [2.24, 2.45) is 5.92 Å². The molecule has 2 aromatic rings. The van der Waals surface area contributed by atoms with Crippen LogP contribution in [0.2, 0.25) is 0 Å². The van der Waals surface area contributed by atoms with E-state index in [4.69, 9.17) is 5.26 Å². The van der Waals surface area contributed by atoms with E-state index < -0.39 is 0 Å². The van der Waals surface area contributed by atoms with Crippen LogP contribution in [0.25, 0.3) is 0 Å². The van der Waals surface area contributed by atoms with Gasteiger partial charge in [0.15, 0.2) is 12.0 Å². The Morgan fingerprint density at radius 2 is 1.97 bits per heavy atom. The minimum atomic E-state index is -0.187. The number of nitrogens with one attached hydrogen (secondary N) is 1. The molecule has 2 amide bonds. The molecule has 8 nitrogen and oxygen atoms in total. The number of carbonyl (C=O) groups excluding carboxylic acids is 2. The van der Waals surface area contributed by atoms with Gasteiger partial charge < -0.3 is 19.7 Å². The lowest BCUT2D eigenvalue weighted by Crippen LogP contribution is -2.40. The molecule has 1 aromatic heterocycles. The number of amides is 2. The van der Waals surface area contributed by atoms with E-state index in [1.54, 1.807) is 11.2 Å². The molecule has 2 atom stereocenters. The minimum absolute atomic E-state index is 0.0484. The van der Waals surface area contributed by atoms with Crippen LogP contribution >= 0.6 is 0 Å². The summed E-state index contributed by atoms with van der Waals surface area (Å²) in [7, 11) is 0. The van der Waals surface area contributed by atoms with Crippen LogP contribution in [0.4, 0.5) is 5.82 Å². The molecule has 0 aliphatic carbocycles. The van der Waals surface area contributed by atoms with Crippen molar-refractivity contribution in [1.82, 2.24) is 19.4 Å². The quantitative estimate of drug-likeness (QED) is 0.804. The Kier molecular flexibility index (Phi) is 5.47. The van der Waals surface area contributed by atoms with Crippen molar-refractivity contribution < 1.29 is 9.59 Å². The van der Waals surface area contributed by atoms with Crippen LogP contribution in [0.5, 0.6) is 0 Å². The van der Waals surface area contributed by atoms with E-state index in [1.165, 1.54) is 0 Å². The molecule has 0 saturated carbocycles. The number of hydrogen-bond donors (Lipinski definition) is 1. The van der Waals surface area contributed by atoms with Gasteiger partial charge >= 0.3 is 0 Å². The van der Waals surface area contributed by atoms with Gasteiger partial charge in [0, 0.05) is 37.9 Å². The maximum Gasteiger partial charge on any atom is 0.253 e. The molecule has 2 aliphatic heterocycles. The molecular formula is C21H24N6O2. The Morgan fingerprint density at radius 3 is 2.72 bits per heavy atom. The summed E-state index contributed by atoms with van der Waals surface area (Å²) in [5.74, 6) is 0.273. The predicted octanol–water partition coefficient (Wildman–Crippen LogP) is 2.10. The standard InChI is InChI=1S/C21H24N6O2/c22-14-25-10-8-17(11-25)20(28)24-19-13-27(15-23-19)18-7-4-9-26(12-18)21(29)16-5-2-1-3-6-16/h1-3,5-6,13,15,17-18H,4,7-12H2,(H,24,28)/t17-,18?/m0/s1. The molecule has 150 valence electrons. The second-order valence-electron chi connectivity index (χ2n) is 7.64. The second kappa shape index (κ2) is 8.35. The molecule has 3 heterocycles. The van der Waals surface area contributed by atoms with Crippen molar-refractivity contribution in [1.29, 1.82) is 5.26 Å². The molecule has 0 bridgehead atoms. The smallest absolute Gasteiger partial charge is 0.253 e. The van der Waals surface area contributed by atoms with Crippen molar-refractivity contribution in [3.8, 4) is 6.19 Å². The van der Waals surface area contributed by atoms with Crippen molar-refractivity contribution in [3.05, 3.63) is 48.4 Å². The first-order chi connectivity index (χ1) is 14.1. The van der Waals surface area contributed by atoms with E-state index in [0.717, 1.165) is 19.4 Å². The average molecular weight is 392 g/mol. The van der Waals surface area contributed by atoms with E-state index in [0.29, 0.717) is 37.4 Å². The summed E-state index contributed by atoms with van der Waals surface area (Å²) >= 11 is 0. The monoisotopic (exact) mass is 392 g/mol. The van der Waals surface area contributed by atoms with Gasteiger partial charge in [0.05, 0.1) is 18.3 Å². The molecule has 1 N–H and O–H groups in total. The van der Waals surface area contributed by atoms with Gasteiger partial charge in [0.25, 0.3) is 5.91 Å². The van der Waals surface area contributed by atoms with Crippen molar-refractivity contribution in [3.63, 3.8) is 0 Å². The Bertz CT molecular complexity index is 919. The number of imidazole rings is 1. The summed E-state index contributed by atoms with van der Waals surface area (Å²) < 4.78 is 1.98. The number of rotatable bonds is 4. The zero-order valence-corrected chi connectivity index (χ0v) is 16.2. The normalized spacial score (nSPS) is 21.6. The van der Waals surface area contributed by atoms with Gasteiger partial charge in [-0.2, -0.15) is 5.26 Å². The van der Waals surface area contributed by atoms with Gasteiger partial charge in [-0.15, -0.1) is 0 Å². The van der Waals surface area contributed by atoms with Crippen LogP contribution in [-0.4, -0.2) is 57.3 Å². The molecule has 4 rings (SSSR count). The van der Waals surface area contributed by atoms with E-state index in [-0.39, 0.29) is 23.8 Å². The zero-order valence-electron chi connectivity index (χ0n) is 16.2. The largest absolute Gasteiger partial charge is 0.337 e. The first kappa shape index (κ1) is 19.0. The molecule has 1 unspecified atom stereocenters. The summed E-state index contributed by atoms with van der Waals surface area (Å²) in [5, 5.41) is 11.8. The third-order valence-electron chi connectivity index (χ3n) is 5.68. The third kappa shape index (κ3) is 4.24. The SMILES string of the molecule is N#CN1CC[C@H](C(=O)Nc2cn(C3CCCN(C(=O)c4ccccc4)C3)cn2)C1. The third-order valence-corrected chi connectivity index (χ3v) is 5.68.